The summed E-state index contributed by atoms with van der Waals surface area (Å²) in [6.45, 7) is 9.34. The van der Waals surface area contributed by atoms with Crippen molar-refractivity contribution >= 4 is 5.97 Å². The number of aryl methyl sites for hydroxylation is 2. The van der Waals surface area contributed by atoms with E-state index in [0.29, 0.717) is 11.8 Å². The van der Waals surface area contributed by atoms with Crippen LogP contribution >= 0.6 is 0 Å². The van der Waals surface area contributed by atoms with Gasteiger partial charge in [0.05, 0.1) is 12.5 Å². The van der Waals surface area contributed by atoms with Gasteiger partial charge in [-0.1, -0.05) is 39.3 Å². The third kappa shape index (κ3) is 3.51. The second-order valence-corrected chi connectivity index (χ2v) is 9.81. The van der Waals surface area contributed by atoms with Crippen LogP contribution in [0.2, 0.25) is 0 Å². The van der Waals surface area contributed by atoms with E-state index in [1.807, 2.05) is 0 Å². The van der Waals surface area contributed by atoms with E-state index in [-0.39, 0.29) is 23.4 Å². The predicted molar refractivity (Wildman–Crippen MR) is 114 cm³/mol. The molecule has 0 spiro atoms. The van der Waals surface area contributed by atoms with Crippen LogP contribution in [0.25, 0.3) is 0 Å². The number of methoxy groups -OCH3 is 1. The molecule has 0 aromatic heterocycles. The molecule has 156 valence electrons. The molecule has 1 aromatic rings. The van der Waals surface area contributed by atoms with Gasteiger partial charge in [0.1, 0.15) is 0 Å². The van der Waals surface area contributed by atoms with Gasteiger partial charge in [-0.2, -0.15) is 0 Å². The molecule has 3 rings (SSSR count). The van der Waals surface area contributed by atoms with E-state index in [1.54, 1.807) is 0 Å². The van der Waals surface area contributed by atoms with E-state index in [1.165, 1.54) is 29.4 Å². The van der Waals surface area contributed by atoms with Crippen molar-refractivity contribution in [2.45, 2.75) is 90.4 Å². The molecule has 3 heteroatoms. The zero-order valence-electron chi connectivity index (χ0n) is 18.4. The largest absolute Gasteiger partial charge is 0.469 e. The molecule has 2 aliphatic rings. The molecule has 1 fully saturated rings. The molecule has 0 aliphatic heterocycles. The highest BCUT2D eigenvalue weighted by Gasteiger charge is 2.55. The second kappa shape index (κ2) is 8.18. The van der Waals surface area contributed by atoms with Crippen molar-refractivity contribution in [1.29, 1.82) is 0 Å². The maximum absolute atomic E-state index is 12.7. The molecule has 1 aromatic carbocycles. The number of fused-ring (bicyclic) bond motifs is 3. The van der Waals surface area contributed by atoms with Crippen molar-refractivity contribution in [2.75, 3.05) is 13.7 Å². The molecule has 1 saturated carbocycles. The maximum atomic E-state index is 12.7. The van der Waals surface area contributed by atoms with Crippen molar-refractivity contribution in [3.63, 3.8) is 0 Å². The molecule has 0 bridgehead atoms. The van der Waals surface area contributed by atoms with E-state index in [4.69, 9.17) is 4.74 Å². The first kappa shape index (κ1) is 21.4. The maximum Gasteiger partial charge on any atom is 0.311 e. The normalized spacial score (nSPS) is 29.3. The summed E-state index contributed by atoms with van der Waals surface area (Å²) in [6.07, 6.45) is 8.18. The number of hydrogen-bond donors (Lipinski definition) is 1. The summed E-state index contributed by atoms with van der Waals surface area (Å²) in [6, 6.07) is 4.93. The first-order valence-electron chi connectivity index (χ1n) is 11.1. The van der Waals surface area contributed by atoms with Gasteiger partial charge in [0.15, 0.2) is 0 Å². The van der Waals surface area contributed by atoms with Gasteiger partial charge in [0.25, 0.3) is 0 Å². The van der Waals surface area contributed by atoms with Gasteiger partial charge >= 0.3 is 5.97 Å². The van der Waals surface area contributed by atoms with E-state index in [2.05, 4.69) is 39.8 Å². The molecular weight excluding hydrogens is 348 g/mol. The van der Waals surface area contributed by atoms with Crippen LogP contribution in [0.1, 0.15) is 94.4 Å². The van der Waals surface area contributed by atoms with Crippen molar-refractivity contribution in [1.82, 2.24) is 0 Å². The number of carbonyl (C=O) groups is 1. The number of rotatable bonds is 6. The summed E-state index contributed by atoms with van der Waals surface area (Å²) >= 11 is 0. The lowest BCUT2D eigenvalue weighted by Gasteiger charge is -2.54. The lowest BCUT2D eigenvalue weighted by atomic mass is 9.49. The number of benzene rings is 1. The number of hydrogen-bond acceptors (Lipinski definition) is 3. The topological polar surface area (TPSA) is 46.5 Å². The van der Waals surface area contributed by atoms with Crippen LogP contribution in [0.3, 0.4) is 0 Å². The number of esters is 1. The van der Waals surface area contributed by atoms with Crippen LogP contribution in [-0.4, -0.2) is 24.8 Å². The molecule has 3 atom stereocenters. The Morgan fingerprint density at radius 1 is 1.25 bits per heavy atom. The molecule has 2 aliphatic carbocycles. The Labute approximate surface area is 170 Å². The first-order valence-corrected chi connectivity index (χ1v) is 11.1. The minimum atomic E-state index is -0.382. The molecule has 0 heterocycles. The van der Waals surface area contributed by atoms with Gasteiger partial charge in [-0.15, -0.1) is 0 Å². The minimum absolute atomic E-state index is 0.0335. The molecule has 0 radical (unpaired) electrons. The Bertz CT molecular complexity index is 723. The quantitative estimate of drug-likeness (QED) is 0.532. The Kier molecular flexibility index (Phi) is 6.24. The monoisotopic (exact) mass is 386 g/mol. The predicted octanol–water partition coefficient (Wildman–Crippen LogP) is 5.31. The fraction of sp³-hybridized carbons (Fsp3) is 0.720. The zero-order valence-corrected chi connectivity index (χ0v) is 18.4. The highest BCUT2D eigenvalue weighted by molar-refractivity contribution is 5.77. The lowest BCUT2D eigenvalue weighted by molar-refractivity contribution is -0.161. The van der Waals surface area contributed by atoms with Gasteiger partial charge in [-0.05, 0) is 91.4 Å². The summed E-state index contributed by atoms with van der Waals surface area (Å²) in [7, 11) is 1.53. The lowest BCUT2D eigenvalue weighted by Crippen LogP contribution is -2.52. The third-order valence-electron chi connectivity index (χ3n) is 7.74. The highest BCUT2D eigenvalue weighted by Crippen LogP contribution is 2.58. The van der Waals surface area contributed by atoms with Crippen molar-refractivity contribution < 1.29 is 14.6 Å². The van der Waals surface area contributed by atoms with Crippen LogP contribution in [0.15, 0.2) is 12.1 Å². The van der Waals surface area contributed by atoms with Crippen LogP contribution in [0, 0.1) is 11.3 Å². The summed E-state index contributed by atoms with van der Waals surface area (Å²) in [4.78, 5) is 12.7. The molecular formula is C25H38O3. The summed E-state index contributed by atoms with van der Waals surface area (Å²) in [5.41, 5.74) is 5.52. The first-order chi connectivity index (χ1) is 13.3. The summed E-state index contributed by atoms with van der Waals surface area (Å²) in [5.74, 6) is 0.810. The van der Waals surface area contributed by atoms with Crippen molar-refractivity contribution in [3.05, 3.63) is 34.4 Å². The van der Waals surface area contributed by atoms with Crippen molar-refractivity contribution in [3.8, 4) is 0 Å². The molecule has 0 amide bonds. The zero-order chi connectivity index (χ0) is 20.5. The molecule has 28 heavy (non-hydrogen) atoms. The fourth-order valence-electron chi connectivity index (χ4n) is 6.24. The van der Waals surface area contributed by atoms with Crippen LogP contribution in [0.4, 0.5) is 0 Å². The van der Waals surface area contributed by atoms with Crippen LogP contribution in [0.5, 0.6) is 0 Å². The number of aliphatic hydroxyl groups excluding tert-OH is 1. The Hall–Kier alpha value is -1.35. The number of ether oxygens (including phenoxy) is 1. The highest BCUT2D eigenvalue weighted by atomic mass is 16.5. The molecule has 3 nitrogen and oxygen atoms in total. The Balaban J connectivity index is 2.05. The smallest absolute Gasteiger partial charge is 0.311 e. The third-order valence-corrected chi connectivity index (χ3v) is 7.74. The number of unbranched alkanes of at least 4 members (excludes halogenated alkanes) is 1. The van der Waals surface area contributed by atoms with Gasteiger partial charge in [0, 0.05) is 6.61 Å². The average Bonchev–Trinajstić information content (AvgIpc) is 2.67. The standard InChI is InChI=1S/C25H38O3/c1-17(2)20-15-19-10-11-22-24(3,12-8-13-25(22,4)23(27)28-5)21(19)16-18(20)9-6-7-14-26/h15-17,22,26H,6-14H2,1-5H3. The second-order valence-electron chi connectivity index (χ2n) is 9.81. The van der Waals surface area contributed by atoms with Gasteiger partial charge < -0.3 is 9.84 Å². The van der Waals surface area contributed by atoms with Gasteiger partial charge in [-0.3, -0.25) is 4.79 Å². The molecule has 0 saturated heterocycles. The fourth-order valence-corrected chi connectivity index (χ4v) is 6.24. The van der Waals surface area contributed by atoms with Crippen LogP contribution in [-0.2, 0) is 27.8 Å². The van der Waals surface area contributed by atoms with Crippen molar-refractivity contribution in [2.24, 2.45) is 11.3 Å². The number of aliphatic hydroxyl groups is 1. The van der Waals surface area contributed by atoms with E-state index in [0.717, 1.165) is 51.4 Å². The average molecular weight is 387 g/mol. The van der Waals surface area contributed by atoms with E-state index in [9.17, 15) is 9.90 Å². The van der Waals surface area contributed by atoms with Gasteiger partial charge in [0.2, 0.25) is 0 Å². The minimum Gasteiger partial charge on any atom is -0.469 e. The SMILES string of the molecule is COC(=O)C1(C)CCCC2(C)c3cc(CCCCO)c(C(C)C)cc3CCC12. The van der Waals surface area contributed by atoms with Crippen LogP contribution < -0.4 is 0 Å². The van der Waals surface area contributed by atoms with E-state index < -0.39 is 0 Å². The molecule has 1 N–H and O–H groups in total. The Morgan fingerprint density at radius 3 is 2.64 bits per heavy atom. The van der Waals surface area contributed by atoms with E-state index >= 15 is 0 Å². The molecule has 3 unspecified atom stereocenters. The number of carbonyl (C=O) groups excluding carboxylic acids is 1. The van der Waals surface area contributed by atoms with Gasteiger partial charge in [-0.25, -0.2) is 0 Å². The summed E-state index contributed by atoms with van der Waals surface area (Å²) < 4.78 is 5.25. The summed E-state index contributed by atoms with van der Waals surface area (Å²) in [5, 5.41) is 9.20. The Morgan fingerprint density at radius 2 is 2.00 bits per heavy atom.